The lowest BCUT2D eigenvalue weighted by Gasteiger charge is -2.19. The van der Waals surface area contributed by atoms with E-state index in [1.165, 1.54) is 11.3 Å². The molecule has 0 saturated carbocycles. The minimum absolute atomic E-state index is 0.311. The molecule has 0 fully saturated rings. The van der Waals surface area contributed by atoms with Crippen LogP contribution in [0.2, 0.25) is 0 Å². The molecule has 1 aromatic heterocycles. The summed E-state index contributed by atoms with van der Waals surface area (Å²) in [5.74, 6) is -1.21. The number of thiazole rings is 1. The third-order valence-corrected chi connectivity index (χ3v) is 4.27. The van der Waals surface area contributed by atoms with Gasteiger partial charge in [0.2, 0.25) is 0 Å². The second-order valence-electron chi connectivity index (χ2n) is 5.52. The van der Waals surface area contributed by atoms with Gasteiger partial charge in [-0.3, -0.25) is 9.59 Å². The zero-order valence-corrected chi connectivity index (χ0v) is 13.9. The predicted molar refractivity (Wildman–Crippen MR) is 87.9 cm³/mol. The van der Waals surface area contributed by atoms with E-state index in [4.69, 9.17) is 4.74 Å². The van der Waals surface area contributed by atoms with Crippen molar-refractivity contribution in [2.24, 2.45) is 0 Å². The Kier molecular flexibility index (Phi) is 5.12. The van der Waals surface area contributed by atoms with Crippen LogP contribution in [0.15, 0.2) is 29.6 Å². The molecule has 1 heterocycles. The molecule has 122 valence electrons. The molecule has 6 nitrogen and oxygen atoms in total. The number of carboxylic acids is 1. The van der Waals surface area contributed by atoms with E-state index < -0.39 is 11.4 Å². The van der Waals surface area contributed by atoms with Crippen LogP contribution in [-0.2, 0) is 21.6 Å². The maximum Gasteiger partial charge on any atom is 0.313 e. The number of carbonyl (C=O) groups excluding carboxylic acids is 1. The summed E-state index contributed by atoms with van der Waals surface area (Å²) in [6, 6.07) is 6.75. The van der Waals surface area contributed by atoms with Gasteiger partial charge in [-0.25, -0.2) is 4.98 Å². The second kappa shape index (κ2) is 6.89. The summed E-state index contributed by atoms with van der Waals surface area (Å²) < 4.78 is 4.97. The summed E-state index contributed by atoms with van der Waals surface area (Å²) in [5, 5.41) is 14.4. The van der Waals surface area contributed by atoms with Gasteiger partial charge < -0.3 is 15.2 Å². The zero-order chi connectivity index (χ0) is 17.0. The van der Waals surface area contributed by atoms with Crippen molar-refractivity contribution in [2.75, 3.05) is 12.4 Å². The zero-order valence-electron chi connectivity index (χ0n) is 13.1. The number of rotatable bonds is 6. The molecule has 2 rings (SSSR count). The molecule has 2 aromatic rings. The number of ether oxygens (including phenoxy) is 1. The SMILES string of the molecule is COCc1nc(C(=O)Nc2ccc(C(C)(C)C(=O)O)cc2)cs1. The number of hydrogen-bond donors (Lipinski definition) is 2. The first kappa shape index (κ1) is 17.1. The van der Waals surface area contributed by atoms with Crippen molar-refractivity contribution in [3.8, 4) is 0 Å². The minimum Gasteiger partial charge on any atom is -0.481 e. The largest absolute Gasteiger partial charge is 0.481 e. The van der Waals surface area contributed by atoms with Crippen molar-refractivity contribution >= 4 is 28.9 Å². The molecule has 1 aromatic carbocycles. The summed E-state index contributed by atoms with van der Waals surface area (Å²) in [5.41, 5.74) is 0.601. The van der Waals surface area contributed by atoms with Crippen LogP contribution in [0.1, 0.15) is 34.9 Å². The molecule has 0 aliphatic rings. The maximum absolute atomic E-state index is 12.1. The van der Waals surface area contributed by atoms with Gasteiger partial charge in [-0.2, -0.15) is 0 Å². The van der Waals surface area contributed by atoms with Gasteiger partial charge in [-0.05, 0) is 31.5 Å². The first-order valence-electron chi connectivity index (χ1n) is 6.93. The Morgan fingerprint density at radius 1 is 1.30 bits per heavy atom. The van der Waals surface area contributed by atoms with Gasteiger partial charge in [-0.15, -0.1) is 11.3 Å². The van der Waals surface area contributed by atoms with E-state index >= 15 is 0 Å². The highest BCUT2D eigenvalue weighted by Crippen LogP contribution is 2.25. The lowest BCUT2D eigenvalue weighted by atomic mass is 9.85. The Labute approximate surface area is 138 Å². The van der Waals surface area contributed by atoms with Gasteiger partial charge in [0.15, 0.2) is 0 Å². The molecule has 2 N–H and O–H groups in total. The van der Waals surface area contributed by atoms with Gasteiger partial charge in [0.05, 0.1) is 12.0 Å². The lowest BCUT2D eigenvalue weighted by molar-refractivity contribution is -0.142. The van der Waals surface area contributed by atoms with Crippen molar-refractivity contribution in [3.05, 3.63) is 45.9 Å². The van der Waals surface area contributed by atoms with Crippen LogP contribution in [0.3, 0.4) is 0 Å². The van der Waals surface area contributed by atoms with E-state index in [1.54, 1.807) is 50.6 Å². The maximum atomic E-state index is 12.1. The fraction of sp³-hybridized carbons (Fsp3) is 0.312. The minimum atomic E-state index is -0.980. The predicted octanol–water partition coefficient (Wildman–Crippen LogP) is 2.90. The average Bonchev–Trinajstić information content (AvgIpc) is 2.97. The summed E-state index contributed by atoms with van der Waals surface area (Å²) in [6.45, 7) is 3.64. The van der Waals surface area contributed by atoms with Crippen molar-refractivity contribution in [1.29, 1.82) is 0 Å². The summed E-state index contributed by atoms with van der Waals surface area (Å²) in [4.78, 5) is 27.5. The number of aromatic nitrogens is 1. The Balaban J connectivity index is 2.08. The molecular formula is C16H18N2O4S. The third-order valence-electron chi connectivity index (χ3n) is 3.45. The van der Waals surface area contributed by atoms with Crippen molar-refractivity contribution in [1.82, 2.24) is 4.98 Å². The van der Waals surface area contributed by atoms with Crippen LogP contribution in [0.25, 0.3) is 0 Å². The van der Waals surface area contributed by atoms with Crippen molar-refractivity contribution < 1.29 is 19.4 Å². The molecule has 0 spiro atoms. The first-order valence-corrected chi connectivity index (χ1v) is 7.81. The lowest BCUT2D eigenvalue weighted by Crippen LogP contribution is -2.28. The van der Waals surface area contributed by atoms with Crippen LogP contribution in [-0.4, -0.2) is 29.1 Å². The van der Waals surface area contributed by atoms with Gasteiger partial charge in [0, 0.05) is 18.2 Å². The van der Waals surface area contributed by atoms with E-state index in [1.807, 2.05) is 0 Å². The van der Waals surface area contributed by atoms with Gasteiger partial charge >= 0.3 is 5.97 Å². The van der Waals surface area contributed by atoms with E-state index in [2.05, 4.69) is 10.3 Å². The van der Waals surface area contributed by atoms with Gasteiger partial charge in [0.25, 0.3) is 5.91 Å². The molecule has 0 aliphatic heterocycles. The van der Waals surface area contributed by atoms with Crippen LogP contribution in [0, 0.1) is 0 Å². The second-order valence-corrected chi connectivity index (χ2v) is 6.46. The van der Waals surface area contributed by atoms with Crippen molar-refractivity contribution in [2.45, 2.75) is 25.9 Å². The molecule has 0 atom stereocenters. The van der Waals surface area contributed by atoms with Crippen LogP contribution in [0.5, 0.6) is 0 Å². The van der Waals surface area contributed by atoms with Gasteiger partial charge in [0.1, 0.15) is 10.7 Å². The summed E-state index contributed by atoms with van der Waals surface area (Å²) in [6.07, 6.45) is 0. The molecule has 0 radical (unpaired) electrons. The van der Waals surface area contributed by atoms with E-state index in [-0.39, 0.29) is 5.91 Å². The fourth-order valence-electron chi connectivity index (χ4n) is 1.89. The topological polar surface area (TPSA) is 88.5 Å². The molecule has 23 heavy (non-hydrogen) atoms. The molecule has 0 aliphatic carbocycles. The number of hydrogen-bond acceptors (Lipinski definition) is 5. The number of amides is 1. The number of benzene rings is 1. The number of carbonyl (C=O) groups is 2. The van der Waals surface area contributed by atoms with Gasteiger partial charge in [-0.1, -0.05) is 12.1 Å². The summed E-state index contributed by atoms with van der Waals surface area (Å²) >= 11 is 1.36. The molecule has 7 heteroatoms. The number of nitrogens with zero attached hydrogens (tertiary/aromatic N) is 1. The smallest absolute Gasteiger partial charge is 0.313 e. The molecule has 0 unspecified atom stereocenters. The highest BCUT2D eigenvalue weighted by molar-refractivity contribution is 7.09. The number of nitrogens with one attached hydrogen (secondary N) is 1. The van der Waals surface area contributed by atoms with Crippen LogP contribution in [0.4, 0.5) is 5.69 Å². The third kappa shape index (κ3) is 3.94. The highest BCUT2D eigenvalue weighted by Gasteiger charge is 2.29. The Morgan fingerprint density at radius 2 is 1.96 bits per heavy atom. The van der Waals surface area contributed by atoms with Crippen LogP contribution >= 0.6 is 11.3 Å². The quantitative estimate of drug-likeness (QED) is 0.848. The number of carboxylic acid groups (broad SMARTS) is 1. The fourth-order valence-corrected chi connectivity index (χ4v) is 2.64. The number of methoxy groups -OCH3 is 1. The molecule has 0 saturated heterocycles. The van der Waals surface area contributed by atoms with E-state index in [9.17, 15) is 14.7 Å². The summed E-state index contributed by atoms with van der Waals surface area (Å²) in [7, 11) is 1.57. The number of anilines is 1. The average molecular weight is 334 g/mol. The Hall–Kier alpha value is -2.25. The van der Waals surface area contributed by atoms with Crippen molar-refractivity contribution in [3.63, 3.8) is 0 Å². The first-order chi connectivity index (χ1) is 10.8. The van der Waals surface area contributed by atoms with Crippen LogP contribution < -0.4 is 5.32 Å². The highest BCUT2D eigenvalue weighted by atomic mass is 32.1. The monoisotopic (exact) mass is 334 g/mol. The molecular weight excluding hydrogens is 316 g/mol. The standard InChI is InChI=1S/C16H18N2O4S/c1-16(2,15(20)21)10-4-6-11(7-5-10)17-14(19)12-9-23-13(18-12)8-22-3/h4-7,9H,8H2,1-3H3,(H,17,19)(H,20,21). The Bertz CT molecular complexity index is 707. The molecule has 0 bridgehead atoms. The van der Waals surface area contributed by atoms with E-state index in [0.717, 1.165) is 5.01 Å². The molecule has 1 amide bonds. The number of aliphatic carboxylic acids is 1. The van der Waals surface area contributed by atoms with E-state index in [0.29, 0.717) is 23.6 Å². The normalized spacial score (nSPS) is 11.3. The Morgan fingerprint density at radius 3 is 2.52 bits per heavy atom.